The van der Waals surface area contributed by atoms with Gasteiger partial charge in [-0.1, -0.05) is 6.92 Å². The van der Waals surface area contributed by atoms with Gasteiger partial charge in [-0.05, 0) is 30.6 Å². The Kier molecular flexibility index (Phi) is 1.97. The van der Waals surface area contributed by atoms with Crippen LogP contribution in [0.4, 0.5) is 0 Å². The maximum atomic E-state index is 11.4. The van der Waals surface area contributed by atoms with Crippen LogP contribution in [0.3, 0.4) is 0 Å². The normalized spacial score (nSPS) is 48.8. The summed E-state index contributed by atoms with van der Waals surface area (Å²) >= 11 is 0. The zero-order valence-electron chi connectivity index (χ0n) is 7.99. The Morgan fingerprint density at radius 1 is 1.46 bits per heavy atom. The van der Waals surface area contributed by atoms with E-state index in [1.165, 1.54) is 0 Å². The standard InChI is InChI=1S/C9H17NO2S/c1-9(5-8(9)10)7-3-2-4-13(11,12)6-7/h7-8H,2-6,10H2,1H3/t7?,8-,9+/m0/s1. The third-order valence-corrected chi connectivity index (χ3v) is 5.56. The van der Waals surface area contributed by atoms with Crippen molar-refractivity contribution >= 4 is 9.84 Å². The van der Waals surface area contributed by atoms with Gasteiger partial charge in [0.15, 0.2) is 9.84 Å². The summed E-state index contributed by atoms with van der Waals surface area (Å²) in [6.45, 7) is 2.13. The van der Waals surface area contributed by atoms with E-state index in [0.29, 0.717) is 17.4 Å². The van der Waals surface area contributed by atoms with Crippen molar-refractivity contribution in [3.05, 3.63) is 0 Å². The summed E-state index contributed by atoms with van der Waals surface area (Å²) in [7, 11) is -2.75. The van der Waals surface area contributed by atoms with Crippen LogP contribution in [-0.2, 0) is 9.84 Å². The molecule has 2 rings (SSSR count). The van der Waals surface area contributed by atoms with E-state index in [2.05, 4.69) is 6.92 Å². The van der Waals surface area contributed by atoms with Crippen molar-refractivity contribution in [1.29, 1.82) is 0 Å². The monoisotopic (exact) mass is 203 g/mol. The summed E-state index contributed by atoms with van der Waals surface area (Å²) in [6, 6.07) is 0.241. The van der Waals surface area contributed by atoms with Crippen LogP contribution in [-0.4, -0.2) is 26.0 Å². The highest BCUT2D eigenvalue weighted by Crippen LogP contribution is 2.53. The molecule has 2 aliphatic rings. The molecule has 1 aliphatic heterocycles. The largest absolute Gasteiger partial charge is 0.327 e. The highest BCUT2D eigenvalue weighted by molar-refractivity contribution is 7.91. The van der Waals surface area contributed by atoms with Gasteiger partial charge in [-0.2, -0.15) is 0 Å². The number of hydrogen-bond acceptors (Lipinski definition) is 3. The molecule has 1 aliphatic carbocycles. The first-order valence-electron chi connectivity index (χ1n) is 4.90. The molecule has 0 aromatic carbocycles. The molecule has 2 fully saturated rings. The third-order valence-electron chi connectivity index (χ3n) is 3.74. The number of hydrogen-bond donors (Lipinski definition) is 1. The molecule has 4 heteroatoms. The van der Waals surface area contributed by atoms with Crippen molar-refractivity contribution < 1.29 is 8.42 Å². The van der Waals surface area contributed by atoms with Crippen LogP contribution < -0.4 is 5.73 Å². The second kappa shape index (κ2) is 2.70. The lowest BCUT2D eigenvalue weighted by Gasteiger charge is -2.27. The van der Waals surface area contributed by atoms with Crippen LogP contribution >= 0.6 is 0 Å². The fraction of sp³-hybridized carbons (Fsp3) is 1.00. The predicted molar refractivity (Wildman–Crippen MR) is 52.1 cm³/mol. The molecule has 0 aromatic rings. The van der Waals surface area contributed by atoms with Crippen molar-refractivity contribution in [1.82, 2.24) is 0 Å². The van der Waals surface area contributed by atoms with Gasteiger partial charge in [-0.15, -0.1) is 0 Å². The summed E-state index contributed by atoms with van der Waals surface area (Å²) in [5, 5.41) is 0. The van der Waals surface area contributed by atoms with E-state index in [-0.39, 0.29) is 11.5 Å². The van der Waals surface area contributed by atoms with Crippen molar-refractivity contribution in [3.63, 3.8) is 0 Å². The maximum Gasteiger partial charge on any atom is 0.150 e. The Balaban J connectivity index is 2.10. The van der Waals surface area contributed by atoms with Gasteiger partial charge in [0.1, 0.15) is 0 Å². The first kappa shape index (κ1) is 9.46. The van der Waals surface area contributed by atoms with Gasteiger partial charge in [0.05, 0.1) is 11.5 Å². The average molecular weight is 203 g/mol. The molecular formula is C9H17NO2S. The van der Waals surface area contributed by atoms with Gasteiger partial charge in [-0.25, -0.2) is 8.42 Å². The Labute approximate surface area is 79.6 Å². The van der Waals surface area contributed by atoms with E-state index in [9.17, 15) is 8.42 Å². The van der Waals surface area contributed by atoms with Crippen molar-refractivity contribution in [2.45, 2.75) is 32.2 Å². The van der Waals surface area contributed by atoms with Gasteiger partial charge in [0.25, 0.3) is 0 Å². The average Bonchev–Trinajstić information content (AvgIpc) is 2.59. The van der Waals surface area contributed by atoms with Crippen LogP contribution in [0.5, 0.6) is 0 Å². The molecule has 0 bridgehead atoms. The van der Waals surface area contributed by atoms with Gasteiger partial charge < -0.3 is 5.73 Å². The summed E-state index contributed by atoms with van der Waals surface area (Å²) in [6.07, 6.45) is 2.88. The predicted octanol–water partition coefficient (Wildman–Crippen LogP) is 0.549. The third kappa shape index (κ3) is 1.62. The molecule has 1 saturated heterocycles. The number of nitrogens with two attached hydrogens (primary N) is 1. The minimum absolute atomic E-state index is 0.132. The number of rotatable bonds is 1. The van der Waals surface area contributed by atoms with E-state index < -0.39 is 9.84 Å². The molecule has 13 heavy (non-hydrogen) atoms. The van der Waals surface area contributed by atoms with E-state index >= 15 is 0 Å². The van der Waals surface area contributed by atoms with Crippen molar-refractivity contribution in [2.24, 2.45) is 17.1 Å². The van der Waals surface area contributed by atoms with E-state index in [0.717, 1.165) is 19.3 Å². The molecular weight excluding hydrogens is 186 g/mol. The van der Waals surface area contributed by atoms with E-state index in [4.69, 9.17) is 5.73 Å². The van der Waals surface area contributed by atoms with E-state index in [1.54, 1.807) is 0 Å². The fourth-order valence-corrected chi connectivity index (χ4v) is 4.36. The van der Waals surface area contributed by atoms with Crippen molar-refractivity contribution in [2.75, 3.05) is 11.5 Å². The second-order valence-electron chi connectivity index (χ2n) is 4.77. The molecule has 0 aromatic heterocycles. The van der Waals surface area contributed by atoms with E-state index in [1.807, 2.05) is 0 Å². The molecule has 3 atom stereocenters. The summed E-state index contributed by atoms with van der Waals surface area (Å²) in [5.41, 5.74) is 5.96. The molecule has 0 radical (unpaired) electrons. The fourth-order valence-electron chi connectivity index (χ4n) is 2.43. The molecule has 0 amide bonds. The smallest absolute Gasteiger partial charge is 0.150 e. The first-order valence-corrected chi connectivity index (χ1v) is 6.72. The van der Waals surface area contributed by atoms with Crippen molar-refractivity contribution in [3.8, 4) is 0 Å². The van der Waals surface area contributed by atoms with Gasteiger partial charge in [-0.3, -0.25) is 0 Å². The van der Waals surface area contributed by atoms with Crippen LogP contribution in [0.2, 0.25) is 0 Å². The molecule has 0 spiro atoms. The Hall–Kier alpha value is -0.0900. The lowest BCUT2D eigenvalue weighted by atomic mass is 9.88. The maximum absolute atomic E-state index is 11.4. The quantitative estimate of drug-likeness (QED) is 0.677. The molecule has 1 unspecified atom stereocenters. The Morgan fingerprint density at radius 2 is 2.08 bits per heavy atom. The highest BCUT2D eigenvalue weighted by atomic mass is 32.2. The Bertz CT molecular complexity index is 312. The van der Waals surface area contributed by atoms with Crippen LogP contribution in [0, 0.1) is 11.3 Å². The summed E-state index contributed by atoms with van der Waals surface area (Å²) < 4.78 is 22.8. The second-order valence-corrected chi connectivity index (χ2v) is 7.00. The molecule has 1 heterocycles. The lowest BCUT2D eigenvalue weighted by Crippen LogP contribution is -2.32. The van der Waals surface area contributed by atoms with Crippen LogP contribution in [0.15, 0.2) is 0 Å². The zero-order chi connectivity index (χ0) is 9.69. The SMILES string of the molecule is C[C@]1(C2CCCS(=O)(=O)C2)C[C@@H]1N. The minimum atomic E-state index is -2.75. The van der Waals surface area contributed by atoms with Gasteiger partial charge >= 0.3 is 0 Å². The summed E-state index contributed by atoms with van der Waals surface area (Å²) in [4.78, 5) is 0. The highest BCUT2D eigenvalue weighted by Gasteiger charge is 2.54. The van der Waals surface area contributed by atoms with Gasteiger partial charge in [0, 0.05) is 6.04 Å². The van der Waals surface area contributed by atoms with Crippen LogP contribution in [0.25, 0.3) is 0 Å². The zero-order valence-corrected chi connectivity index (χ0v) is 8.81. The summed E-state index contributed by atoms with van der Waals surface area (Å²) in [5.74, 6) is 1.08. The van der Waals surface area contributed by atoms with Crippen LogP contribution in [0.1, 0.15) is 26.2 Å². The number of sulfone groups is 1. The molecule has 76 valence electrons. The molecule has 1 saturated carbocycles. The lowest BCUT2D eigenvalue weighted by molar-refractivity contribution is 0.321. The van der Waals surface area contributed by atoms with Gasteiger partial charge in [0.2, 0.25) is 0 Å². The molecule has 3 nitrogen and oxygen atoms in total. The topological polar surface area (TPSA) is 60.2 Å². The molecule has 2 N–H and O–H groups in total. The Morgan fingerprint density at radius 3 is 2.54 bits per heavy atom. The minimum Gasteiger partial charge on any atom is -0.327 e. The first-order chi connectivity index (χ1) is 5.94.